The van der Waals surface area contributed by atoms with Crippen molar-refractivity contribution < 1.29 is 38.1 Å². The van der Waals surface area contributed by atoms with Gasteiger partial charge in [-0.1, -0.05) is 12.1 Å². The van der Waals surface area contributed by atoms with Gasteiger partial charge in [0.2, 0.25) is 0 Å². The highest BCUT2D eigenvalue weighted by Gasteiger charge is 2.24. The second-order valence-corrected chi connectivity index (χ2v) is 6.41. The summed E-state index contributed by atoms with van der Waals surface area (Å²) in [5, 5.41) is 4.77. The molecule has 2 aromatic rings. The monoisotopic (exact) mass is 428 g/mol. The molecule has 1 aliphatic rings. The van der Waals surface area contributed by atoms with Crippen LogP contribution in [0.1, 0.15) is 20.7 Å². The van der Waals surface area contributed by atoms with E-state index in [1.807, 2.05) is 6.07 Å². The number of carbonyl (C=O) groups is 4. The molecule has 1 unspecified atom stereocenters. The summed E-state index contributed by atoms with van der Waals surface area (Å²) in [4.78, 5) is 48.3. The number of rotatable bonds is 5. The lowest BCUT2D eigenvalue weighted by atomic mass is 10.1. The topological polar surface area (TPSA) is 129 Å². The molecule has 0 aromatic heterocycles. The Labute approximate surface area is 177 Å². The summed E-state index contributed by atoms with van der Waals surface area (Å²) in [6.07, 6.45) is -0.486. The molecule has 1 atom stereocenters. The number of anilines is 1. The van der Waals surface area contributed by atoms with E-state index in [1.54, 1.807) is 18.2 Å². The van der Waals surface area contributed by atoms with Gasteiger partial charge in [0, 0.05) is 0 Å². The number of hydrogen-bond acceptors (Lipinski definition) is 8. The van der Waals surface area contributed by atoms with Gasteiger partial charge in [-0.25, -0.2) is 9.59 Å². The van der Waals surface area contributed by atoms with Crippen molar-refractivity contribution in [2.45, 2.75) is 6.10 Å². The maximum atomic E-state index is 12.3. The number of methoxy groups -OCH3 is 2. The summed E-state index contributed by atoms with van der Waals surface area (Å²) in [5.41, 5.74) is -0.0183. The SMILES string of the molecule is COC(=O)c1ccc(C(=O)OC)c(NC(=O)C(=O)NCC2COc3ccccc3O2)c1. The quantitative estimate of drug-likeness (QED) is 0.536. The fourth-order valence-corrected chi connectivity index (χ4v) is 2.81. The Balaban J connectivity index is 1.64. The van der Waals surface area contributed by atoms with Crippen molar-refractivity contribution in [3.05, 3.63) is 53.6 Å². The van der Waals surface area contributed by atoms with E-state index in [0.29, 0.717) is 11.5 Å². The molecule has 0 saturated carbocycles. The first-order chi connectivity index (χ1) is 14.9. The number of para-hydroxylation sites is 2. The van der Waals surface area contributed by atoms with Gasteiger partial charge in [-0.15, -0.1) is 0 Å². The second-order valence-electron chi connectivity index (χ2n) is 6.41. The lowest BCUT2D eigenvalue weighted by molar-refractivity contribution is -0.136. The molecule has 2 aromatic carbocycles. The predicted molar refractivity (Wildman–Crippen MR) is 107 cm³/mol. The van der Waals surface area contributed by atoms with E-state index in [-0.39, 0.29) is 30.0 Å². The van der Waals surface area contributed by atoms with Crippen molar-refractivity contribution in [3.63, 3.8) is 0 Å². The zero-order chi connectivity index (χ0) is 22.4. The Morgan fingerprint density at radius 1 is 0.968 bits per heavy atom. The molecular formula is C21H20N2O8. The number of esters is 2. The van der Waals surface area contributed by atoms with E-state index in [4.69, 9.17) is 9.47 Å². The van der Waals surface area contributed by atoms with Crippen LogP contribution in [-0.4, -0.2) is 57.2 Å². The lowest BCUT2D eigenvalue weighted by Gasteiger charge is -2.26. The molecule has 0 saturated heterocycles. The van der Waals surface area contributed by atoms with E-state index >= 15 is 0 Å². The maximum Gasteiger partial charge on any atom is 0.339 e. The molecule has 162 valence electrons. The smallest absolute Gasteiger partial charge is 0.339 e. The lowest BCUT2D eigenvalue weighted by Crippen LogP contribution is -2.44. The maximum absolute atomic E-state index is 12.3. The van der Waals surface area contributed by atoms with Crippen molar-refractivity contribution in [2.24, 2.45) is 0 Å². The van der Waals surface area contributed by atoms with Gasteiger partial charge in [0.05, 0.1) is 37.6 Å². The number of nitrogens with one attached hydrogen (secondary N) is 2. The van der Waals surface area contributed by atoms with Crippen LogP contribution in [0.2, 0.25) is 0 Å². The van der Waals surface area contributed by atoms with E-state index in [0.717, 1.165) is 0 Å². The molecule has 1 aliphatic heterocycles. The molecular weight excluding hydrogens is 408 g/mol. The van der Waals surface area contributed by atoms with Crippen molar-refractivity contribution >= 4 is 29.4 Å². The normalized spacial score (nSPS) is 14.2. The minimum Gasteiger partial charge on any atom is -0.486 e. The third kappa shape index (κ3) is 5.10. The van der Waals surface area contributed by atoms with Crippen LogP contribution in [0.4, 0.5) is 5.69 Å². The van der Waals surface area contributed by atoms with Gasteiger partial charge in [-0.3, -0.25) is 9.59 Å². The van der Waals surface area contributed by atoms with Gasteiger partial charge >= 0.3 is 23.8 Å². The summed E-state index contributed by atoms with van der Waals surface area (Å²) in [6, 6.07) is 10.9. The largest absolute Gasteiger partial charge is 0.486 e. The van der Waals surface area contributed by atoms with Gasteiger partial charge in [-0.05, 0) is 30.3 Å². The first kappa shape index (κ1) is 21.6. The van der Waals surface area contributed by atoms with Gasteiger partial charge in [0.15, 0.2) is 11.5 Å². The van der Waals surface area contributed by atoms with Gasteiger partial charge in [0.1, 0.15) is 12.7 Å². The highest BCUT2D eigenvalue weighted by Crippen LogP contribution is 2.30. The number of carbonyl (C=O) groups excluding carboxylic acids is 4. The van der Waals surface area contributed by atoms with Crippen LogP contribution in [0.5, 0.6) is 11.5 Å². The number of fused-ring (bicyclic) bond motifs is 1. The fraction of sp³-hybridized carbons (Fsp3) is 0.238. The molecule has 0 spiro atoms. The molecule has 0 radical (unpaired) electrons. The number of benzene rings is 2. The summed E-state index contributed by atoms with van der Waals surface area (Å²) in [7, 11) is 2.36. The molecule has 10 nitrogen and oxygen atoms in total. The van der Waals surface area contributed by atoms with Gasteiger partial charge < -0.3 is 29.6 Å². The van der Waals surface area contributed by atoms with Crippen LogP contribution in [-0.2, 0) is 19.1 Å². The van der Waals surface area contributed by atoms with Crippen LogP contribution in [0, 0.1) is 0 Å². The van der Waals surface area contributed by atoms with Gasteiger partial charge in [0.25, 0.3) is 0 Å². The molecule has 3 rings (SSSR count). The van der Waals surface area contributed by atoms with Crippen molar-refractivity contribution in [1.29, 1.82) is 0 Å². The van der Waals surface area contributed by atoms with E-state index in [2.05, 4.69) is 20.1 Å². The van der Waals surface area contributed by atoms with E-state index in [1.165, 1.54) is 32.4 Å². The van der Waals surface area contributed by atoms with Crippen molar-refractivity contribution in [2.75, 3.05) is 32.7 Å². The minimum atomic E-state index is -1.04. The summed E-state index contributed by atoms with van der Waals surface area (Å²) in [5.74, 6) is -2.28. The predicted octanol–water partition coefficient (Wildman–Crippen LogP) is 1.15. The Kier molecular flexibility index (Phi) is 6.71. The highest BCUT2D eigenvalue weighted by atomic mass is 16.6. The zero-order valence-electron chi connectivity index (χ0n) is 16.8. The molecule has 31 heavy (non-hydrogen) atoms. The standard InChI is InChI=1S/C21H20N2O8/c1-28-20(26)12-7-8-14(21(27)29-2)15(9-12)23-19(25)18(24)22-10-13-11-30-16-5-3-4-6-17(16)31-13/h3-9,13H,10-11H2,1-2H3,(H,22,24)(H,23,25). The molecule has 10 heteroatoms. The average molecular weight is 428 g/mol. The number of ether oxygens (including phenoxy) is 4. The van der Waals surface area contributed by atoms with Crippen LogP contribution in [0.3, 0.4) is 0 Å². The molecule has 0 bridgehead atoms. The van der Waals surface area contributed by atoms with Crippen LogP contribution in [0.25, 0.3) is 0 Å². The summed E-state index contributed by atoms with van der Waals surface area (Å²) < 4.78 is 20.6. The molecule has 2 amide bonds. The Hall–Kier alpha value is -4.08. The zero-order valence-corrected chi connectivity index (χ0v) is 16.8. The Morgan fingerprint density at radius 3 is 2.39 bits per heavy atom. The minimum absolute atomic E-state index is 0.0205. The third-order valence-corrected chi connectivity index (χ3v) is 4.36. The first-order valence-corrected chi connectivity index (χ1v) is 9.21. The number of amides is 2. The van der Waals surface area contributed by atoms with E-state index in [9.17, 15) is 19.2 Å². The van der Waals surface area contributed by atoms with Crippen LogP contribution >= 0.6 is 0 Å². The molecule has 2 N–H and O–H groups in total. The van der Waals surface area contributed by atoms with Crippen LogP contribution < -0.4 is 20.1 Å². The van der Waals surface area contributed by atoms with Crippen molar-refractivity contribution in [3.8, 4) is 11.5 Å². The summed E-state index contributed by atoms with van der Waals surface area (Å²) in [6.45, 7) is 0.221. The number of hydrogen-bond donors (Lipinski definition) is 2. The third-order valence-electron chi connectivity index (χ3n) is 4.36. The Morgan fingerprint density at radius 2 is 1.68 bits per heavy atom. The second kappa shape index (κ2) is 9.61. The Bertz CT molecular complexity index is 1020. The summed E-state index contributed by atoms with van der Waals surface area (Å²) >= 11 is 0. The molecule has 0 aliphatic carbocycles. The fourth-order valence-electron chi connectivity index (χ4n) is 2.81. The first-order valence-electron chi connectivity index (χ1n) is 9.21. The van der Waals surface area contributed by atoms with Crippen LogP contribution in [0.15, 0.2) is 42.5 Å². The van der Waals surface area contributed by atoms with Gasteiger partial charge in [-0.2, -0.15) is 0 Å². The average Bonchev–Trinajstić information content (AvgIpc) is 2.81. The highest BCUT2D eigenvalue weighted by molar-refractivity contribution is 6.40. The van der Waals surface area contributed by atoms with Crippen molar-refractivity contribution in [1.82, 2.24) is 5.32 Å². The molecule has 1 heterocycles. The van der Waals surface area contributed by atoms with E-state index < -0.39 is 29.9 Å². The molecule has 0 fully saturated rings.